The van der Waals surface area contributed by atoms with Gasteiger partial charge in [-0.3, -0.25) is 4.79 Å². The number of aliphatic carboxylic acids is 1. The summed E-state index contributed by atoms with van der Waals surface area (Å²) in [5.74, 6) is -1.29. The number of hydrogen-bond donors (Lipinski definition) is 2. The fraction of sp³-hybridized carbons (Fsp3) is 0.286. The summed E-state index contributed by atoms with van der Waals surface area (Å²) in [6.07, 6.45) is -3.33. The van der Waals surface area contributed by atoms with E-state index in [1.807, 2.05) is 0 Å². The van der Waals surface area contributed by atoms with Crippen molar-refractivity contribution in [3.8, 4) is 0 Å². The summed E-state index contributed by atoms with van der Waals surface area (Å²) in [5.41, 5.74) is -1.17. The summed E-state index contributed by atoms with van der Waals surface area (Å²) in [6, 6.07) is 0. The van der Waals surface area contributed by atoms with Crippen molar-refractivity contribution < 1.29 is 23.1 Å². The predicted molar refractivity (Wildman–Crippen MR) is 37.1 cm³/mol. The van der Waals surface area contributed by atoms with Crippen molar-refractivity contribution in [3.05, 3.63) is 23.5 Å². The third-order valence-corrected chi connectivity index (χ3v) is 1.48. The smallest absolute Gasteiger partial charge is 0.418 e. The fourth-order valence-corrected chi connectivity index (χ4v) is 0.969. The Kier molecular flexibility index (Phi) is 2.31. The van der Waals surface area contributed by atoms with Crippen molar-refractivity contribution in [3.63, 3.8) is 0 Å². The monoisotopic (exact) mass is 193 g/mol. The Bertz CT molecular complexity index is 316. The lowest BCUT2D eigenvalue weighted by Crippen LogP contribution is -2.09. The van der Waals surface area contributed by atoms with E-state index in [1.54, 1.807) is 0 Å². The van der Waals surface area contributed by atoms with E-state index in [-0.39, 0.29) is 5.56 Å². The van der Waals surface area contributed by atoms with E-state index in [2.05, 4.69) is 4.98 Å². The van der Waals surface area contributed by atoms with Gasteiger partial charge in [-0.15, -0.1) is 0 Å². The van der Waals surface area contributed by atoms with Crippen LogP contribution in [0.25, 0.3) is 0 Å². The van der Waals surface area contributed by atoms with Crippen LogP contribution in [0.1, 0.15) is 11.1 Å². The zero-order valence-electron chi connectivity index (χ0n) is 6.35. The van der Waals surface area contributed by atoms with Crippen LogP contribution in [0.5, 0.6) is 0 Å². The lowest BCUT2D eigenvalue weighted by atomic mass is 10.1. The second-order valence-corrected chi connectivity index (χ2v) is 2.46. The number of rotatable bonds is 2. The molecule has 1 aromatic rings. The van der Waals surface area contributed by atoms with E-state index < -0.39 is 24.1 Å². The molecular weight excluding hydrogens is 187 g/mol. The topological polar surface area (TPSA) is 53.1 Å². The molecule has 0 fully saturated rings. The lowest BCUT2D eigenvalue weighted by Gasteiger charge is -2.05. The number of aromatic amines is 1. The summed E-state index contributed by atoms with van der Waals surface area (Å²) in [6.45, 7) is 0. The van der Waals surface area contributed by atoms with Crippen molar-refractivity contribution in [2.75, 3.05) is 0 Å². The van der Waals surface area contributed by atoms with Gasteiger partial charge >= 0.3 is 12.1 Å². The second-order valence-electron chi connectivity index (χ2n) is 2.46. The van der Waals surface area contributed by atoms with Crippen molar-refractivity contribution in [1.29, 1.82) is 0 Å². The van der Waals surface area contributed by atoms with Crippen LogP contribution in [0.4, 0.5) is 13.2 Å². The van der Waals surface area contributed by atoms with Gasteiger partial charge in [0.15, 0.2) is 0 Å². The number of H-pyrrole nitrogens is 1. The fourth-order valence-electron chi connectivity index (χ4n) is 0.969. The highest BCUT2D eigenvalue weighted by Crippen LogP contribution is 2.31. The molecule has 0 aliphatic rings. The van der Waals surface area contributed by atoms with Gasteiger partial charge < -0.3 is 10.1 Å². The molecule has 1 aromatic heterocycles. The van der Waals surface area contributed by atoms with E-state index in [1.165, 1.54) is 0 Å². The standard InChI is InChI=1S/C7H6F3NO2/c8-7(9,10)5-3-11-2-4(5)1-6(12)13/h2-3,11H,1H2,(H,12,13). The lowest BCUT2D eigenvalue weighted by molar-refractivity contribution is -0.139. The van der Waals surface area contributed by atoms with Crippen LogP contribution in [-0.2, 0) is 17.4 Å². The highest BCUT2D eigenvalue weighted by Gasteiger charge is 2.34. The molecule has 0 bridgehead atoms. The van der Waals surface area contributed by atoms with Crippen LogP contribution in [0.15, 0.2) is 12.4 Å². The maximum atomic E-state index is 12.1. The van der Waals surface area contributed by atoms with E-state index >= 15 is 0 Å². The molecule has 13 heavy (non-hydrogen) atoms. The molecule has 6 heteroatoms. The Morgan fingerprint density at radius 1 is 1.46 bits per heavy atom. The van der Waals surface area contributed by atoms with Gasteiger partial charge in [0.05, 0.1) is 12.0 Å². The predicted octanol–water partition coefficient (Wildman–Crippen LogP) is 1.66. The van der Waals surface area contributed by atoms with Gasteiger partial charge in [-0.2, -0.15) is 13.2 Å². The minimum absolute atomic E-state index is 0.250. The number of halogens is 3. The highest BCUT2D eigenvalue weighted by atomic mass is 19.4. The van der Waals surface area contributed by atoms with Crippen LogP contribution in [-0.4, -0.2) is 16.1 Å². The van der Waals surface area contributed by atoms with Gasteiger partial charge in [-0.25, -0.2) is 0 Å². The van der Waals surface area contributed by atoms with Crippen LogP contribution in [0.3, 0.4) is 0 Å². The van der Waals surface area contributed by atoms with Gasteiger partial charge in [0, 0.05) is 12.4 Å². The van der Waals surface area contributed by atoms with Gasteiger partial charge in [0.25, 0.3) is 0 Å². The summed E-state index contributed by atoms with van der Waals surface area (Å²) in [5, 5.41) is 8.29. The maximum absolute atomic E-state index is 12.1. The molecule has 0 aliphatic carbocycles. The Hall–Kier alpha value is -1.46. The van der Waals surface area contributed by atoms with Crippen molar-refractivity contribution in [2.45, 2.75) is 12.6 Å². The molecule has 0 amide bonds. The third kappa shape index (κ3) is 2.24. The second kappa shape index (κ2) is 3.12. The summed E-state index contributed by atoms with van der Waals surface area (Å²) in [4.78, 5) is 12.4. The Morgan fingerprint density at radius 2 is 2.08 bits per heavy atom. The van der Waals surface area contributed by atoms with Gasteiger partial charge in [0.1, 0.15) is 0 Å². The molecule has 0 radical (unpaired) electrons. The summed E-state index contributed by atoms with van der Waals surface area (Å²) < 4.78 is 36.4. The van der Waals surface area contributed by atoms with Crippen LogP contribution < -0.4 is 0 Å². The number of carboxylic acid groups (broad SMARTS) is 1. The van der Waals surface area contributed by atoms with Crippen LogP contribution in [0, 0.1) is 0 Å². The molecule has 2 N–H and O–H groups in total. The molecule has 72 valence electrons. The van der Waals surface area contributed by atoms with E-state index in [4.69, 9.17) is 5.11 Å². The molecule has 0 saturated heterocycles. The van der Waals surface area contributed by atoms with Crippen LogP contribution in [0.2, 0.25) is 0 Å². The average Bonchev–Trinajstić information content (AvgIpc) is 2.31. The van der Waals surface area contributed by atoms with Crippen LogP contribution >= 0.6 is 0 Å². The first-order valence-electron chi connectivity index (χ1n) is 3.36. The number of aromatic nitrogens is 1. The number of alkyl halides is 3. The van der Waals surface area contributed by atoms with Gasteiger partial charge in [-0.1, -0.05) is 0 Å². The van der Waals surface area contributed by atoms with Gasteiger partial charge in [0.2, 0.25) is 0 Å². The Balaban J connectivity index is 2.96. The largest absolute Gasteiger partial charge is 0.481 e. The van der Waals surface area contributed by atoms with E-state index in [9.17, 15) is 18.0 Å². The minimum atomic E-state index is -4.50. The molecular formula is C7H6F3NO2. The SMILES string of the molecule is O=C(O)Cc1c[nH]cc1C(F)(F)F. The van der Waals surface area contributed by atoms with Crippen molar-refractivity contribution in [2.24, 2.45) is 0 Å². The van der Waals surface area contributed by atoms with E-state index in [0.29, 0.717) is 0 Å². The van der Waals surface area contributed by atoms with Crippen molar-refractivity contribution in [1.82, 2.24) is 4.98 Å². The first-order chi connectivity index (χ1) is 5.91. The zero-order valence-corrected chi connectivity index (χ0v) is 6.35. The zero-order chi connectivity index (χ0) is 10.1. The number of nitrogens with one attached hydrogen (secondary N) is 1. The number of carboxylic acids is 1. The Labute approximate surface area is 71.2 Å². The molecule has 0 saturated carbocycles. The third-order valence-electron chi connectivity index (χ3n) is 1.48. The number of carbonyl (C=O) groups is 1. The van der Waals surface area contributed by atoms with E-state index in [0.717, 1.165) is 12.4 Å². The average molecular weight is 193 g/mol. The molecule has 0 aliphatic heterocycles. The molecule has 0 spiro atoms. The molecule has 0 atom stereocenters. The quantitative estimate of drug-likeness (QED) is 0.750. The summed E-state index contributed by atoms with van der Waals surface area (Å²) in [7, 11) is 0. The Morgan fingerprint density at radius 3 is 2.54 bits per heavy atom. The minimum Gasteiger partial charge on any atom is -0.481 e. The molecule has 1 rings (SSSR count). The molecule has 0 unspecified atom stereocenters. The first kappa shape index (κ1) is 9.63. The van der Waals surface area contributed by atoms with Crippen molar-refractivity contribution >= 4 is 5.97 Å². The molecule has 3 nitrogen and oxygen atoms in total. The molecule has 0 aromatic carbocycles. The number of hydrogen-bond acceptors (Lipinski definition) is 1. The highest BCUT2D eigenvalue weighted by molar-refractivity contribution is 5.70. The first-order valence-corrected chi connectivity index (χ1v) is 3.36. The maximum Gasteiger partial charge on any atom is 0.418 e. The van der Waals surface area contributed by atoms with Gasteiger partial charge in [-0.05, 0) is 5.56 Å². The normalized spacial score (nSPS) is 11.6. The summed E-state index contributed by atoms with van der Waals surface area (Å²) >= 11 is 0. The molecule has 1 heterocycles.